The van der Waals surface area contributed by atoms with Gasteiger partial charge >= 0.3 is 0 Å². The summed E-state index contributed by atoms with van der Waals surface area (Å²) in [4.78, 5) is 27.2. The molecular weight excluding hydrogens is 430 g/mol. The van der Waals surface area contributed by atoms with E-state index < -0.39 is 6.10 Å². The number of rotatable bonds is 4. The van der Waals surface area contributed by atoms with Crippen molar-refractivity contribution in [2.24, 2.45) is 10.9 Å². The topological polar surface area (TPSA) is 114 Å². The molecule has 2 aromatic rings. The van der Waals surface area contributed by atoms with E-state index in [-0.39, 0.29) is 5.91 Å². The molecular formula is C26H31N5O3. The number of carbonyl (C=O) groups is 1. The maximum Gasteiger partial charge on any atom is 0.251 e. The standard InChI is InChI=1S/C26H31N5O3/c1-15-22(30-23-24(27)28-16(2)29-25(23)34-15)20-11-9-19(10-12-20)18-7-5-17(6-8-18)14-31-13-3-4-21(32)26(31)33/h9-12,17-18,21,32H,1,3-8,13-14H2,2H3,(H2,27,28,29). The van der Waals surface area contributed by atoms with E-state index in [0.717, 1.165) is 50.8 Å². The van der Waals surface area contributed by atoms with Crippen LogP contribution in [0.2, 0.25) is 0 Å². The van der Waals surface area contributed by atoms with E-state index in [2.05, 4.69) is 45.8 Å². The van der Waals surface area contributed by atoms with E-state index in [4.69, 9.17) is 10.5 Å². The normalized spacial score (nSPS) is 24.9. The molecule has 3 N–H and O–H groups in total. The van der Waals surface area contributed by atoms with Gasteiger partial charge in [0.25, 0.3) is 11.8 Å². The van der Waals surface area contributed by atoms with Crippen LogP contribution >= 0.6 is 0 Å². The van der Waals surface area contributed by atoms with Crippen molar-refractivity contribution in [1.29, 1.82) is 0 Å². The molecule has 178 valence electrons. The first-order chi connectivity index (χ1) is 16.4. The first-order valence-corrected chi connectivity index (χ1v) is 12.1. The van der Waals surface area contributed by atoms with Crippen LogP contribution in [0.3, 0.4) is 0 Å². The molecule has 3 heterocycles. The molecule has 0 spiro atoms. The fraction of sp³-hybridized carbons (Fsp3) is 0.462. The Hall–Kier alpha value is -3.26. The number of likely N-dealkylation sites (tertiary alicyclic amines) is 1. The SMILES string of the molecule is C=C1Oc2nc(C)nc(N)c2N=C1c1ccc(C2CCC(CN3CCCC(O)C3=O)CC2)cc1. The van der Waals surface area contributed by atoms with E-state index in [9.17, 15) is 9.90 Å². The lowest BCUT2D eigenvalue weighted by molar-refractivity contribution is -0.144. The Kier molecular flexibility index (Phi) is 6.08. The van der Waals surface area contributed by atoms with Gasteiger partial charge in [-0.2, -0.15) is 4.98 Å². The van der Waals surface area contributed by atoms with Gasteiger partial charge in [-0.05, 0) is 62.8 Å². The summed E-state index contributed by atoms with van der Waals surface area (Å²) in [5.74, 6) is 2.53. The lowest BCUT2D eigenvalue weighted by Gasteiger charge is -2.36. The van der Waals surface area contributed by atoms with E-state index in [1.54, 1.807) is 6.92 Å². The van der Waals surface area contributed by atoms with Crippen LogP contribution in [0.5, 0.6) is 5.88 Å². The number of nitrogen functional groups attached to an aromatic ring is 1. The highest BCUT2D eigenvalue weighted by Crippen LogP contribution is 2.39. The number of aliphatic hydroxyl groups excluding tert-OH is 1. The van der Waals surface area contributed by atoms with E-state index in [0.29, 0.717) is 52.9 Å². The molecule has 1 unspecified atom stereocenters. The number of nitrogens with zero attached hydrogens (tertiary/aromatic N) is 4. The number of aliphatic hydroxyl groups is 1. The molecule has 1 aliphatic carbocycles. The second kappa shape index (κ2) is 9.18. The van der Waals surface area contributed by atoms with Crippen LogP contribution in [0, 0.1) is 12.8 Å². The van der Waals surface area contributed by atoms with Crippen LogP contribution < -0.4 is 10.5 Å². The Morgan fingerprint density at radius 3 is 2.62 bits per heavy atom. The largest absolute Gasteiger partial charge is 0.435 e. The van der Waals surface area contributed by atoms with Crippen molar-refractivity contribution >= 4 is 23.1 Å². The predicted octanol–water partition coefficient (Wildman–Crippen LogP) is 3.65. The summed E-state index contributed by atoms with van der Waals surface area (Å²) in [7, 11) is 0. The second-order valence-electron chi connectivity index (χ2n) is 9.58. The first-order valence-electron chi connectivity index (χ1n) is 12.1. The third kappa shape index (κ3) is 4.42. The Bertz CT molecular complexity index is 1140. The smallest absolute Gasteiger partial charge is 0.251 e. The zero-order valence-corrected chi connectivity index (χ0v) is 19.5. The summed E-state index contributed by atoms with van der Waals surface area (Å²) in [6.45, 7) is 7.32. The minimum absolute atomic E-state index is 0.0915. The third-order valence-corrected chi connectivity index (χ3v) is 7.18. The van der Waals surface area contributed by atoms with Gasteiger partial charge in [0.2, 0.25) is 0 Å². The molecule has 34 heavy (non-hydrogen) atoms. The molecule has 3 aliphatic rings. The van der Waals surface area contributed by atoms with Gasteiger partial charge in [0, 0.05) is 18.7 Å². The third-order valence-electron chi connectivity index (χ3n) is 7.18. The highest BCUT2D eigenvalue weighted by atomic mass is 16.5. The molecule has 1 aromatic carbocycles. The molecule has 1 saturated carbocycles. The van der Waals surface area contributed by atoms with Crippen molar-refractivity contribution < 1.29 is 14.6 Å². The number of piperidine rings is 1. The Balaban J connectivity index is 1.23. The molecule has 0 bridgehead atoms. The van der Waals surface area contributed by atoms with E-state index in [1.807, 2.05) is 4.90 Å². The van der Waals surface area contributed by atoms with Crippen LogP contribution in [0.4, 0.5) is 11.5 Å². The minimum Gasteiger partial charge on any atom is -0.435 e. The maximum absolute atomic E-state index is 12.2. The van der Waals surface area contributed by atoms with E-state index in [1.165, 1.54) is 5.56 Å². The quantitative estimate of drug-likeness (QED) is 0.718. The highest BCUT2D eigenvalue weighted by molar-refractivity contribution is 6.13. The van der Waals surface area contributed by atoms with Crippen molar-refractivity contribution in [3.05, 3.63) is 53.6 Å². The van der Waals surface area contributed by atoms with Gasteiger partial charge in [0.15, 0.2) is 11.5 Å². The molecule has 1 aromatic heterocycles. The second-order valence-corrected chi connectivity index (χ2v) is 9.58. The molecule has 5 rings (SSSR count). The van der Waals surface area contributed by atoms with Crippen molar-refractivity contribution in [1.82, 2.24) is 14.9 Å². The van der Waals surface area contributed by atoms with Crippen LogP contribution in [-0.2, 0) is 4.79 Å². The van der Waals surface area contributed by atoms with Gasteiger partial charge in [-0.25, -0.2) is 9.98 Å². The van der Waals surface area contributed by atoms with Gasteiger partial charge in [0.1, 0.15) is 23.4 Å². The maximum atomic E-state index is 12.2. The average molecular weight is 462 g/mol. The number of hydrogen-bond acceptors (Lipinski definition) is 7. The van der Waals surface area contributed by atoms with Crippen molar-refractivity contribution in [3.8, 4) is 5.88 Å². The van der Waals surface area contributed by atoms with E-state index >= 15 is 0 Å². The number of aromatic nitrogens is 2. The number of amides is 1. The number of ether oxygens (including phenoxy) is 1. The Labute approximate surface area is 199 Å². The van der Waals surface area contributed by atoms with Crippen LogP contribution in [0.15, 0.2) is 41.6 Å². The van der Waals surface area contributed by atoms with Gasteiger partial charge < -0.3 is 20.5 Å². The molecule has 1 amide bonds. The number of aryl methyl sites for hydroxylation is 1. The van der Waals surface area contributed by atoms with Crippen molar-refractivity contribution in [2.75, 3.05) is 18.8 Å². The minimum atomic E-state index is -0.805. The molecule has 8 heteroatoms. The van der Waals surface area contributed by atoms with Gasteiger partial charge in [0.05, 0.1) is 0 Å². The number of fused-ring (bicyclic) bond motifs is 1. The Morgan fingerprint density at radius 2 is 1.88 bits per heavy atom. The molecule has 1 saturated heterocycles. The zero-order chi connectivity index (χ0) is 23.8. The summed E-state index contributed by atoms with van der Waals surface area (Å²) < 4.78 is 5.80. The van der Waals surface area contributed by atoms with Crippen molar-refractivity contribution in [2.45, 2.75) is 57.5 Å². The number of benzene rings is 1. The van der Waals surface area contributed by atoms with Crippen LogP contribution in [-0.4, -0.2) is 50.8 Å². The number of allylic oxidation sites excluding steroid dienone is 1. The summed E-state index contributed by atoms with van der Waals surface area (Å²) in [6, 6.07) is 8.42. The first kappa shape index (κ1) is 22.5. The van der Waals surface area contributed by atoms with Gasteiger partial charge in [-0.3, -0.25) is 4.79 Å². The number of aliphatic imine (C=N–C) groups is 1. The lowest BCUT2D eigenvalue weighted by atomic mass is 9.78. The molecule has 2 fully saturated rings. The number of hydrogen-bond donors (Lipinski definition) is 2. The number of carbonyl (C=O) groups excluding carboxylic acids is 1. The average Bonchev–Trinajstić information content (AvgIpc) is 2.82. The summed E-state index contributed by atoms with van der Waals surface area (Å²) in [6.07, 6.45) is 5.08. The number of nitrogens with two attached hydrogens (primary N) is 1. The molecule has 8 nitrogen and oxygen atoms in total. The Morgan fingerprint density at radius 1 is 1.15 bits per heavy atom. The fourth-order valence-electron chi connectivity index (χ4n) is 5.31. The fourth-order valence-corrected chi connectivity index (χ4v) is 5.31. The number of anilines is 1. The van der Waals surface area contributed by atoms with Gasteiger partial charge in [-0.15, -0.1) is 0 Å². The predicted molar refractivity (Wildman–Crippen MR) is 130 cm³/mol. The van der Waals surface area contributed by atoms with Gasteiger partial charge in [-0.1, -0.05) is 30.8 Å². The highest BCUT2D eigenvalue weighted by Gasteiger charge is 2.31. The zero-order valence-electron chi connectivity index (χ0n) is 19.5. The summed E-state index contributed by atoms with van der Waals surface area (Å²) in [5, 5.41) is 9.85. The molecule has 2 aliphatic heterocycles. The summed E-state index contributed by atoms with van der Waals surface area (Å²) in [5.41, 5.74) is 9.33. The van der Waals surface area contributed by atoms with Crippen LogP contribution in [0.25, 0.3) is 0 Å². The monoisotopic (exact) mass is 461 g/mol. The summed E-state index contributed by atoms with van der Waals surface area (Å²) >= 11 is 0. The lowest BCUT2D eigenvalue weighted by Crippen LogP contribution is -2.46. The van der Waals surface area contributed by atoms with Crippen LogP contribution in [0.1, 0.15) is 61.4 Å². The molecule has 0 radical (unpaired) electrons. The molecule has 1 atom stereocenters. The van der Waals surface area contributed by atoms with Crippen molar-refractivity contribution in [3.63, 3.8) is 0 Å².